The Morgan fingerprint density at radius 2 is 1.89 bits per heavy atom. The monoisotopic (exact) mass is 488 g/mol. The SMILES string of the molecule is CCCCNC(=O)C1(/N=C(\c2ccccn2)N2CCC(Oc3ccccc3C(F)(F)F)CC2)CC1. The summed E-state index contributed by atoms with van der Waals surface area (Å²) in [7, 11) is 0. The van der Waals surface area contributed by atoms with Crippen LogP contribution in [0.5, 0.6) is 5.75 Å². The van der Waals surface area contributed by atoms with E-state index in [-0.39, 0.29) is 17.8 Å². The van der Waals surface area contributed by atoms with E-state index in [0.717, 1.165) is 18.9 Å². The maximum absolute atomic E-state index is 13.3. The highest BCUT2D eigenvalue weighted by Gasteiger charge is 2.51. The number of benzene rings is 1. The molecule has 0 atom stereocenters. The number of pyridine rings is 1. The quantitative estimate of drug-likeness (QED) is 0.328. The standard InChI is InChI=1S/C26H31F3N4O2/c1-2-3-15-31-24(34)25(13-14-25)32-23(21-9-6-7-16-30-21)33-17-11-19(12-18-33)35-22-10-5-4-8-20(22)26(27,28)29/h4-10,16,19H,2-3,11-15,17-18H2,1H3,(H,31,34)/b32-23+. The van der Waals surface area contributed by atoms with Crippen LogP contribution in [-0.4, -0.2) is 52.9 Å². The molecule has 2 heterocycles. The van der Waals surface area contributed by atoms with Crippen LogP contribution in [-0.2, 0) is 11.0 Å². The summed E-state index contributed by atoms with van der Waals surface area (Å²) in [6.07, 6.45) is 1.25. The minimum Gasteiger partial charge on any atom is -0.490 e. The number of rotatable bonds is 8. The number of likely N-dealkylation sites (tertiary alicyclic amines) is 1. The molecule has 1 N–H and O–H groups in total. The number of hydrogen-bond acceptors (Lipinski definition) is 4. The van der Waals surface area contributed by atoms with Crippen molar-refractivity contribution < 1.29 is 22.7 Å². The van der Waals surface area contributed by atoms with E-state index >= 15 is 0 Å². The molecular formula is C26H31F3N4O2. The van der Waals surface area contributed by atoms with E-state index in [1.54, 1.807) is 12.3 Å². The Hall–Kier alpha value is -3.10. The number of carbonyl (C=O) groups excluding carboxylic acids is 1. The first-order valence-corrected chi connectivity index (χ1v) is 12.2. The lowest BCUT2D eigenvalue weighted by atomic mass is 10.1. The van der Waals surface area contributed by atoms with Gasteiger partial charge >= 0.3 is 6.18 Å². The Kier molecular flexibility index (Phi) is 7.62. The fourth-order valence-corrected chi connectivity index (χ4v) is 4.21. The van der Waals surface area contributed by atoms with Crippen molar-refractivity contribution in [1.82, 2.24) is 15.2 Å². The van der Waals surface area contributed by atoms with Crippen molar-refractivity contribution in [2.45, 2.75) is 63.3 Å². The van der Waals surface area contributed by atoms with Crippen LogP contribution in [0, 0.1) is 0 Å². The smallest absolute Gasteiger partial charge is 0.419 e. The summed E-state index contributed by atoms with van der Waals surface area (Å²) in [5, 5.41) is 3.00. The number of ether oxygens (including phenoxy) is 1. The van der Waals surface area contributed by atoms with Gasteiger partial charge in [-0.15, -0.1) is 0 Å². The number of para-hydroxylation sites is 1. The maximum Gasteiger partial charge on any atom is 0.419 e. The van der Waals surface area contributed by atoms with E-state index in [0.29, 0.717) is 56.8 Å². The lowest BCUT2D eigenvalue weighted by molar-refractivity contribution is -0.139. The number of amidine groups is 1. The zero-order valence-corrected chi connectivity index (χ0v) is 19.9. The summed E-state index contributed by atoms with van der Waals surface area (Å²) >= 11 is 0. The molecule has 1 amide bonds. The Morgan fingerprint density at radius 3 is 2.51 bits per heavy atom. The van der Waals surface area contributed by atoms with Gasteiger partial charge in [-0.2, -0.15) is 13.2 Å². The first-order valence-electron chi connectivity index (χ1n) is 12.2. The second-order valence-corrected chi connectivity index (χ2v) is 9.09. The molecule has 1 aliphatic heterocycles. The van der Waals surface area contributed by atoms with Crippen molar-refractivity contribution in [3.63, 3.8) is 0 Å². The zero-order chi connectivity index (χ0) is 24.9. The van der Waals surface area contributed by atoms with Gasteiger partial charge in [0.05, 0.1) is 5.56 Å². The number of nitrogens with one attached hydrogen (secondary N) is 1. The van der Waals surface area contributed by atoms with Crippen LogP contribution in [0.2, 0.25) is 0 Å². The summed E-state index contributed by atoms with van der Waals surface area (Å²) in [4.78, 5) is 24.3. The molecule has 2 aliphatic rings. The van der Waals surface area contributed by atoms with Crippen molar-refractivity contribution in [1.29, 1.82) is 0 Å². The minimum atomic E-state index is -4.47. The van der Waals surface area contributed by atoms with Gasteiger partial charge in [-0.25, -0.2) is 4.99 Å². The molecule has 1 saturated carbocycles. The van der Waals surface area contributed by atoms with Crippen molar-refractivity contribution in [2.24, 2.45) is 4.99 Å². The van der Waals surface area contributed by atoms with Gasteiger partial charge in [-0.1, -0.05) is 31.5 Å². The van der Waals surface area contributed by atoms with Crippen molar-refractivity contribution in [3.8, 4) is 5.75 Å². The van der Waals surface area contributed by atoms with E-state index in [1.165, 1.54) is 12.1 Å². The fraction of sp³-hybridized carbons (Fsp3) is 0.500. The minimum absolute atomic E-state index is 0.0543. The maximum atomic E-state index is 13.3. The number of unbranched alkanes of at least 4 members (excludes halogenated alkanes) is 1. The van der Waals surface area contributed by atoms with Crippen molar-refractivity contribution >= 4 is 11.7 Å². The molecule has 6 nitrogen and oxygen atoms in total. The summed E-state index contributed by atoms with van der Waals surface area (Å²) in [5.74, 6) is 0.460. The van der Waals surface area contributed by atoms with Gasteiger partial charge in [0.25, 0.3) is 0 Å². The summed E-state index contributed by atoms with van der Waals surface area (Å²) in [6, 6.07) is 10.9. The van der Waals surface area contributed by atoms with E-state index in [4.69, 9.17) is 9.73 Å². The molecule has 1 aromatic carbocycles. The van der Waals surface area contributed by atoms with Gasteiger partial charge in [0, 0.05) is 38.7 Å². The van der Waals surface area contributed by atoms with Gasteiger partial charge in [-0.3, -0.25) is 9.78 Å². The van der Waals surface area contributed by atoms with Crippen LogP contribution < -0.4 is 10.1 Å². The number of piperidine rings is 1. The number of alkyl halides is 3. The molecule has 0 spiro atoms. The largest absolute Gasteiger partial charge is 0.490 e. The third kappa shape index (κ3) is 6.13. The number of aliphatic imine (C=N–C) groups is 1. The van der Waals surface area contributed by atoms with Crippen molar-refractivity contribution in [3.05, 3.63) is 59.9 Å². The Balaban J connectivity index is 1.48. The van der Waals surface area contributed by atoms with Crippen LogP contribution in [0.4, 0.5) is 13.2 Å². The van der Waals surface area contributed by atoms with Crippen LogP contribution in [0.1, 0.15) is 56.7 Å². The molecule has 1 saturated heterocycles. The first kappa shape index (κ1) is 25.0. The summed E-state index contributed by atoms with van der Waals surface area (Å²) in [6.45, 7) is 3.79. The van der Waals surface area contributed by atoms with Gasteiger partial charge in [-0.05, 0) is 43.5 Å². The molecule has 0 radical (unpaired) electrons. The number of hydrogen-bond donors (Lipinski definition) is 1. The topological polar surface area (TPSA) is 66.8 Å². The average Bonchev–Trinajstić information content (AvgIpc) is 3.64. The summed E-state index contributed by atoms with van der Waals surface area (Å²) < 4.78 is 45.8. The highest BCUT2D eigenvalue weighted by molar-refractivity contribution is 6.01. The predicted molar refractivity (Wildman–Crippen MR) is 127 cm³/mol. The molecule has 0 unspecified atom stereocenters. The van der Waals surface area contributed by atoms with E-state index in [9.17, 15) is 18.0 Å². The number of aromatic nitrogens is 1. The third-order valence-electron chi connectivity index (χ3n) is 6.40. The molecule has 1 aromatic heterocycles. The fourth-order valence-electron chi connectivity index (χ4n) is 4.21. The molecule has 188 valence electrons. The predicted octanol–water partition coefficient (Wildman–Crippen LogP) is 4.84. The molecule has 2 aromatic rings. The molecule has 0 bridgehead atoms. The molecule has 4 rings (SSSR count). The lowest BCUT2D eigenvalue weighted by Gasteiger charge is -2.35. The van der Waals surface area contributed by atoms with E-state index in [1.807, 2.05) is 18.2 Å². The number of carbonyl (C=O) groups is 1. The second kappa shape index (κ2) is 10.7. The summed E-state index contributed by atoms with van der Waals surface area (Å²) in [5.41, 5.74) is -0.843. The normalized spacial score (nSPS) is 18.3. The van der Waals surface area contributed by atoms with Gasteiger partial charge in [0.15, 0.2) is 5.84 Å². The number of halogens is 3. The van der Waals surface area contributed by atoms with Crippen LogP contribution in [0.25, 0.3) is 0 Å². The van der Waals surface area contributed by atoms with Crippen LogP contribution in [0.15, 0.2) is 53.7 Å². The third-order valence-corrected chi connectivity index (χ3v) is 6.40. The zero-order valence-electron chi connectivity index (χ0n) is 19.9. The Labute approximate surface area is 203 Å². The van der Waals surface area contributed by atoms with Crippen molar-refractivity contribution in [2.75, 3.05) is 19.6 Å². The highest BCUT2D eigenvalue weighted by Crippen LogP contribution is 2.41. The number of nitrogens with zero attached hydrogens (tertiary/aromatic N) is 3. The van der Waals surface area contributed by atoms with Crippen LogP contribution in [0.3, 0.4) is 0 Å². The molecule has 9 heteroatoms. The molecule has 35 heavy (non-hydrogen) atoms. The van der Waals surface area contributed by atoms with E-state index in [2.05, 4.69) is 22.1 Å². The Morgan fingerprint density at radius 1 is 1.17 bits per heavy atom. The first-order chi connectivity index (χ1) is 16.8. The number of amides is 1. The Bertz CT molecular complexity index is 1030. The molecular weight excluding hydrogens is 457 g/mol. The van der Waals surface area contributed by atoms with Crippen LogP contribution >= 0.6 is 0 Å². The highest BCUT2D eigenvalue weighted by atomic mass is 19.4. The van der Waals surface area contributed by atoms with Gasteiger partial charge in [0.1, 0.15) is 23.1 Å². The second-order valence-electron chi connectivity index (χ2n) is 9.09. The van der Waals surface area contributed by atoms with Gasteiger partial charge in [0.2, 0.25) is 5.91 Å². The molecule has 2 fully saturated rings. The lowest BCUT2D eigenvalue weighted by Crippen LogP contribution is -2.44. The average molecular weight is 489 g/mol. The van der Waals surface area contributed by atoms with Gasteiger partial charge < -0.3 is 15.0 Å². The van der Waals surface area contributed by atoms with E-state index < -0.39 is 17.3 Å². The molecule has 1 aliphatic carbocycles.